The van der Waals surface area contributed by atoms with E-state index in [4.69, 9.17) is 14.2 Å². The van der Waals surface area contributed by atoms with E-state index in [0.717, 1.165) is 5.56 Å². The van der Waals surface area contributed by atoms with Crippen LogP contribution < -0.4 is 16.0 Å². The van der Waals surface area contributed by atoms with Crippen LogP contribution in [0.25, 0.3) is 0 Å². The highest BCUT2D eigenvalue weighted by atomic mass is 16.6. The third-order valence-electron chi connectivity index (χ3n) is 5.79. The van der Waals surface area contributed by atoms with E-state index in [0.29, 0.717) is 17.7 Å². The first kappa shape index (κ1) is 33.8. The van der Waals surface area contributed by atoms with Crippen molar-refractivity contribution in [3.05, 3.63) is 65.7 Å². The van der Waals surface area contributed by atoms with Gasteiger partial charge in [0.25, 0.3) is 0 Å². The Hall–Kier alpha value is -4.41. The molecule has 1 unspecified atom stereocenters. The fourth-order valence-electron chi connectivity index (χ4n) is 3.63. The van der Waals surface area contributed by atoms with Gasteiger partial charge in [-0.15, -0.1) is 0 Å². The summed E-state index contributed by atoms with van der Waals surface area (Å²) >= 11 is 0. The molecule has 0 saturated carbocycles. The van der Waals surface area contributed by atoms with Crippen molar-refractivity contribution in [2.24, 2.45) is 5.92 Å². The van der Waals surface area contributed by atoms with E-state index < -0.39 is 35.6 Å². The maximum absolute atomic E-state index is 13.0. The van der Waals surface area contributed by atoms with Gasteiger partial charge in [0, 0.05) is 18.7 Å². The molecule has 3 N–H and O–H groups in total. The normalized spacial score (nSPS) is 12.3. The Balaban J connectivity index is 1.85. The van der Waals surface area contributed by atoms with Gasteiger partial charge < -0.3 is 30.2 Å². The molecule has 0 aliphatic carbocycles. The van der Waals surface area contributed by atoms with Crippen molar-refractivity contribution in [2.75, 3.05) is 18.5 Å². The van der Waals surface area contributed by atoms with Gasteiger partial charge in [-0.2, -0.15) is 0 Å². The maximum Gasteiger partial charge on any atom is 0.408 e. The minimum atomic E-state index is -1.21. The summed E-state index contributed by atoms with van der Waals surface area (Å²) < 4.78 is 15.5. The highest BCUT2D eigenvalue weighted by Gasteiger charge is 2.27. The molecule has 2 rings (SSSR count). The molecule has 0 spiro atoms. The van der Waals surface area contributed by atoms with E-state index in [9.17, 15) is 24.0 Å². The summed E-state index contributed by atoms with van der Waals surface area (Å²) in [6.45, 7) is 9.18. The van der Waals surface area contributed by atoms with Gasteiger partial charge in [0.15, 0.2) is 0 Å². The van der Waals surface area contributed by atoms with Gasteiger partial charge in [-0.3, -0.25) is 14.4 Å². The van der Waals surface area contributed by atoms with Crippen LogP contribution in [0, 0.1) is 5.92 Å². The van der Waals surface area contributed by atoms with Crippen LogP contribution in [0.15, 0.2) is 54.6 Å². The van der Waals surface area contributed by atoms with Crippen LogP contribution in [0.4, 0.5) is 10.5 Å². The zero-order valence-corrected chi connectivity index (χ0v) is 24.9. The lowest BCUT2D eigenvalue weighted by Crippen LogP contribution is -2.50. The highest BCUT2D eigenvalue weighted by molar-refractivity contribution is 5.93. The summed E-state index contributed by atoms with van der Waals surface area (Å²) in [5.74, 6) is -1.97. The molecule has 0 aliphatic rings. The predicted octanol–water partition coefficient (Wildman–Crippen LogP) is 4.36. The lowest BCUT2D eigenvalue weighted by molar-refractivity contribution is -0.147. The lowest BCUT2D eigenvalue weighted by atomic mass is 10.0. The third kappa shape index (κ3) is 13.3. The number of rotatable bonds is 14. The third-order valence-corrected chi connectivity index (χ3v) is 5.79. The summed E-state index contributed by atoms with van der Waals surface area (Å²) in [5.41, 5.74) is 0.933. The average molecular weight is 584 g/mol. The number of esters is 2. The van der Waals surface area contributed by atoms with Gasteiger partial charge in [-0.25, -0.2) is 9.59 Å². The van der Waals surface area contributed by atoms with Gasteiger partial charge in [0.05, 0.1) is 18.6 Å². The van der Waals surface area contributed by atoms with Crippen LogP contribution in [-0.4, -0.2) is 54.6 Å². The fourth-order valence-corrected chi connectivity index (χ4v) is 3.63. The summed E-state index contributed by atoms with van der Waals surface area (Å²) in [7, 11) is 0. The molecule has 0 bridgehead atoms. The fraction of sp³-hybridized carbons (Fsp3) is 0.452. The van der Waals surface area contributed by atoms with Crippen LogP contribution in [0.2, 0.25) is 0 Å². The smallest absolute Gasteiger partial charge is 0.408 e. The average Bonchev–Trinajstić information content (AvgIpc) is 2.93. The van der Waals surface area contributed by atoms with Crippen LogP contribution >= 0.6 is 0 Å². The van der Waals surface area contributed by atoms with Crippen LogP contribution in [0.5, 0.6) is 0 Å². The van der Waals surface area contributed by atoms with E-state index in [1.807, 2.05) is 25.1 Å². The second-order valence-electron chi connectivity index (χ2n) is 10.8. The minimum Gasteiger partial charge on any atom is -0.462 e. The van der Waals surface area contributed by atoms with E-state index >= 15 is 0 Å². The Kier molecular flexibility index (Phi) is 13.5. The first-order valence-electron chi connectivity index (χ1n) is 13.9. The van der Waals surface area contributed by atoms with Crippen LogP contribution in [-0.2, 0) is 35.2 Å². The standard InChI is InChI=1S/C31H41N3O8/c1-6-40-29(38)23-13-15-24(16-14-23)33-26(35)17-12-21(2)19-32-28(37)25(34-30(39)42-31(3,4)5)18-27(36)41-20-22-10-8-7-9-11-22/h7-11,13-16,21,25H,6,12,17-20H2,1-5H3,(H,32,37)(H,33,35)(H,34,39)/t21?,25-/m1/s1. The minimum absolute atomic E-state index is 0.0368. The van der Waals surface area contributed by atoms with Crippen molar-refractivity contribution in [1.82, 2.24) is 10.6 Å². The Bertz CT molecular complexity index is 1190. The Morgan fingerprint density at radius 2 is 1.57 bits per heavy atom. The molecular formula is C31H41N3O8. The SMILES string of the molecule is CCOC(=O)c1ccc(NC(=O)CCC(C)CNC(=O)[C@@H](CC(=O)OCc2ccccc2)NC(=O)OC(C)(C)C)cc1. The second kappa shape index (κ2) is 16.8. The number of carbonyl (C=O) groups is 5. The highest BCUT2D eigenvalue weighted by Crippen LogP contribution is 2.13. The molecule has 0 aliphatic heterocycles. The van der Waals surface area contributed by atoms with Gasteiger partial charge in [-0.1, -0.05) is 37.3 Å². The van der Waals surface area contributed by atoms with Gasteiger partial charge in [-0.05, 0) is 69.9 Å². The molecule has 3 amide bonds. The van der Waals surface area contributed by atoms with Crippen molar-refractivity contribution >= 4 is 35.5 Å². The molecule has 2 aromatic rings. The van der Waals surface area contributed by atoms with Crippen molar-refractivity contribution in [2.45, 2.75) is 72.1 Å². The predicted molar refractivity (Wildman–Crippen MR) is 156 cm³/mol. The molecule has 42 heavy (non-hydrogen) atoms. The zero-order chi connectivity index (χ0) is 31.1. The number of ether oxygens (including phenoxy) is 3. The molecule has 0 radical (unpaired) electrons. The molecule has 0 fully saturated rings. The number of amides is 3. The van der Waals surface area contributed by atoms with Gasteiger partial charge in [0.1, 0.15) is 18.2 Å². The first-order chi connectivity index (χ1) is 19.9. The van der Waals surface area contributed by atoms with Crippen molar-refractivity contribution in [3.8, 4) is 0 Å². The summed E-state index contributed by atoms with van der Waals surface area (Å²) in [6, 6.07) is 14.3. The topological polar surface area (TPSA) is 149 Å². The largest absolute Gasteiger partial charge is 0.462 e. The van der Waals surface area contributed by atoms with Crippen LogP contribution in [0.1, 0.15) is 69.8 Å². The molecule has 11 heteroatoms. The number of benzene rings is 2. The Labute approximate surface area is 246 Å². The molecule has 0 heterocycles. The summed E-state index contributed by atoms with van der Waals surface area (Å²) in [5, 5.41) is 7.97. The summed E-state index contributed by atoms with van der Waals surface area (Å²) in [6.07, 6.45) is -0.555. The van der Waals surface area contributed by atoms with E-state index in [1.54, 1.807) is 64.1 Å². The van der Waals surface area contributed by atoms with E-state index in [2.05, 4.69) is 16.0 Å². The van der Waals surface area contributed by atoms with Gasteiger partial charge in [0.2, 0.25) is 11.8 Å². The number of hydrogen-bond acceptors (Lipinski definition) is 8. The monoisotopic (exact) mass is 583 g/mol. The van der Waals surface area contributed by atoms with Gasteiger partial charge >= 0.3 is 18.0 Å². The van der Waals surface area contributed by atoms with E-state index in [-0.39, 0.29) is 44.4 Å². The summed E-state index contributed by atoms with van der Waals surface area (Å²) in [4.78, 5) is 61.9. The number of alkyl carbamates (subject to hydrolysis) is 1. The van der Waals surface area contributed by atoms with E-state index in [1.165, 1.54) is 0 Å². The number of hydrogen-bond donors (Lipinski definition) is 3. The second-order valence-corrected chi connectivity index (χ2v) is 10.8. The lowest BCUT2D eigenvalue weighted by Gasteiger charge is -2.23. The molecule has 2 aromatic carbocycles. The van der Waals surface area contributed by atoms with Crippen molar-refractivity contribution in [3.63, 3.8) is 0 Å². The number of carbonyl (C=O) groups excluding carboxylic acids is 5. The molecule has 0 saturated heterocycles. The molecular weight excluding hydrogens is 542 g/mol. The van der Waals surface area contributed by atoms with Crippen molar-refractivity contribution in [1.29, 1.82) is 0 Å². The molecule has 2 atom stereocenters. The maximum atomic E-state index is 13.0. The first-order valence-corrected chi connectivity index (χ1v) is 13.9. The quantitative estimate of drug-likeness (QED) is 0.219. The van der Waals surface area contributed by atoms with Crippen molar-refractivity contribution < 1.29 is 38.2 Å². The molecule has 228 valence electrons. The molecule has 11 nitrogen and oxygen atoms in total. The molecule has 0 aromatic heterocycles. The number of anilines is 1. The Morgan fingerprint density at radius 1 is 0.905 bits per heavy atom. The van der Waals surface area contributed by atoms with Crippen LogP contribution in [0.3, 0.4) is 0 Å². The zero-order valence-electron chi connectivity index (χ0n) is 24.9. The number of nitrogens with one attached hydrogen (secondary N) is 3. The Morgan fingerprint density at radius 3 is 2.19 bits per heavy atom.